The summed E-state index contributed by atoms with van der Waals surface area (Å²) in [4.78, 5) is 0. The largest absolute Gasteiger partial charge is 0.379 e. The van der Waals surface area contributed by atoms with Crippen molar-refractivity contribution in [2.45, 2.75) is 12.8 Å². The van der Waals surface area contributed by atoms with Gasteiger partial charge in [-0.15, -0.1) is 0 Å². The second kappa shape index (κ2) is 12.7. The van der Waals surface area contributed by atoms with Crippen LogP contribution in [0.15, 0.2) is 60.7 Å². The van der Waals surface area contributed by atoms with Crippen molar-refractivity contribution in [2.75, 3.05) is 52.9 Å². The zero-order chi connectivity index (χ0) is 19.3. The third-order valence-electron chi connectivity index (χ3n) is 4.89. The van der Waals surface area contributed by atoms with Crippen molar-refractivity contribution in [3.63, 3.8) is 0 Å². The summed E-state index contributed by atoms with van der Waals surface area (Å²) in [5.41, 5.74) is 2.63. The first-order valence-corrected chi connectivity index (χ1v) is 10.3. The lowest BCUT2D eigenvalue weighted by Crippen LogP contribution is -2.25. The van der Waals surface area contributed by atoms with E-state index in [-0.39, 0.29) is 0 Å². The van der Waals surface area contributed by atoms with Crippen LogP contribution < -0.4 is 0 Å². The zero-order valence-electron chi connectivity index (χ0n) is 16.6. The van der Waals surface area contributed by atoms with Crippen LogP contribution in [-0.2, 0) is 31.8 Å². The number of rotatable bonds is 4. The van der Waals surface area contributed by atoms with E-state index in [0.29, 0.717) is 64.7 Å². The molecular weight excluding hydrogens is 352 g/mol. The molecule has 1 saturated heterocycles. The Morgan fingerprint density at radius 2 is 0.821 bits per heavy atom. The molecule has 0 radical (unpaired) electrons. The minimum atomic E-state index is 0.344. The van der Waals surface area contributed by atoms with Gasteiger partial charge in [-0.2, -0.15) is 0 Å². The van der Waals surface area contributed by atoms with E-state index >= 15 is 0 Å². The van der Waals surface area contributed by atoms with Crippen LogP contribution in [0, 0.1) is 11.8 Å². The van der Waals surface area contributed by atoms with Crippen molar-refractivity contribution in [2.24, 2.45) is 11.8 Å². The molecule has 0 bridgehead atoms. The molecule has 3 rings (SSSR count). The highest BCUT2D eigenvalue weighted by Crippen LogP contribution is 2.12. The van der Waals surface area contributed by atoms with Crippen LogP contribution in [0.4, 0.5) is 0 Å². The van der Waals surface area contributed by atoms with Gasteiger partial charge < -0.3 is 18.9 Å². The van der Waals surface area contributed by atoms with Crippen molar-refractivity contribution in [1.82, 2.24) is 0 Å². The van der Waals surface area contributed by atoms with Crippen molar-refractivity contribution in [3.05, 3.63) is 71.8 Å². The van der Waals surface area contributed by atoms with Gasteiger partial charge in [-0.25, -0.2) is 0 Å². The minimum Gasteiger partial charge on any atom is -0.379 e. The highest BCUT2D eigenvalue weighted by molar-refractivity contribution is 5.16. The highest BCUT2D eigenvalue weighted by Gasteiger charge is 2.14. The first kappa shape index (κ1) is 21.0. The fourth-order valence-corrected chi connectivity index (χ4v) is 3.46. The summed E-state index contributed by atoms with van der Waals surface area (Å²) in [5, 5.41) is 0. The van der Waals surface area contributed by atoms with Crippen LogP contribution >= 0.6 is 0 Å². The molecule has 2 aromatic rings. The quantitative estimate of drug-likeness (QED) is 0.804. The lowest BCUT2D eigenvalue weighted by atomic mass is 10.0. The Morgan fingerprint density at radius 3 is 1.14 bits per heavy atom. The first-order chi connectivity index (χ1) is 13.9. The molecule has 0 spiro atoms. The third-order valence-corrected chi connectivity index (χ3v) is 4.89. The van der Waals surface area contributed by atoms with Crippen LogP contribution in [0.3, 0.4) is 0 Å². The SMILES string of the molecule is c1ccc(CC2COCCOCC(Cc3ccccc3)COCCOC2)cc1. The molecule has 0 amide bonds. The lowest BCUT2D eigenvalue weighted by Gasteiger charge is -2.21. The van der Waals surface area contributed by atoms with E-state index in [1.807, 2.05) is 12.1 Å². The Bertz CT molecular complexity index is 558. The van der Waals surface area contributed by atoms with Crippen molar-refractivity contribution < 1.29 is 18.9 Å². The molecule has 4 nitrogen and oxygen atoms in total. The first-order valence-electron chi connectivity index (χ1n) is 10.3. The summed E-state index contributed by atoms with van der Waals surface area (Å²) in [6.45, 7) is 5.21. The van der Waals surface area contributed by atoms with Crippen molar-refractivity contribution in [3.8, 4) is 0 Å². The fraction of sp³-hybridized carbons (Fsp3) is 0.500. The normalized spacial score (nSPS) is 23.0. The second-order valence-corrected chi connectivity index (χ2v) is 7.41. The third kappa shape index (κ3) is 8.11. The molecule has 0 unspecified atom stereocenters. The minimum absolute atomic E-state index is 0.344. The van der Waals surface area contributed by atoms with E-state index in [4.69, 9.17) is 18.9 Å². The predicted molar refractivity (Wildman–Crippen MR) is 111 cm³/mol. The van der Waals surface area contributed by atoms with E-state index in [1.54, 1.807) is 0 Å². The van der Waals surface area contributed by atoms with Gasteiger partial charge in [0.1, 0.15) is 0 Å². The van der Waals surface area contributed by atoms with Crippen LogP contribution in [0.2, 0.25) is 0 Å². The van der Waals surface area contributed by atoms with Crippen LogP contribution in [0.5, 0.6) is 0 Å². The van der Waals surface area contributed by atoms with Gasteiger partial charge in [-0.3, -0.25) is 0 Å². The number of hydrogen-bond acceptors (Lipinski definition) is 4. The standard InChI is InChI=1S/C24H32O4/c1-3-7-21(8-4-1)15-23-17-25-11-13-27-19-24(20-28-14-12-26-18-23)16-22-9-5-2-6-10-22/h1-10,23-24H,11-20H2. The molecule has 0 aromatic heterocycles. The van der Waals surface area contributed by atoms with Crippen LogP contribution in [0.25, 0.3) is 0 Å². The van der Waals surface area contributed by atoms with Gasteiger partial charge in [-0.1, -0.05) is 60.7 Å². The summed E-state index contributed by atoms with van der Waals surface area (Å²) >= 11 is 0. The molecule has 0 atom stereocenters. The molecule has 28 heavy (non-hydrogen) atoms. The van der Waals surface area contributed by atoms with E-state index in [0.717, 1.165) is 12.8 Å². The molecule has 2 aromatic carbocycles. The molecule has 152 valence electrons. The Kier molecular flexibility index (Phi) is 9.51. The maximum absolute atomic E-state index is 5.88. The van der Waals surface area contributed by atoms with Gasteiger partial charge in [0.15, 0.2) is 0 Å². The van der Waals surface area contributed by atoms with Gasteiger partial charge in [0.25, 0.3) is 0 Å². The molecular formula is C24H32O4. The number of hydrogen-bond donors (Lipinski definition) is 0. The van der Waals surface area contributed by atoms with Crippen LogP contribution in [0.1, 0.15) is 11.1 Å². The molecule has 4 heteroatoms. The molecule has 0 saturated carbocycles. The summed E-state index contributed by atoms with van der Waals surface area (Å²) in [5.74, 6) is 0.687. The van der Waals surface area contributed by atoms with Gasteiger partial charge in [-0.05, 0) is 24.0 Å². The summed E-state index contributed by atoms with van der Waals surface area (Å²) in [6, 6.07) is 21.0. The molecule has 1 aliphatic rings. The predicted octanol–water partition coefficient (Wildman–Crippen LogP) is 3.78. The molecule has 1 aliphatic heterocycles. The van der Waals surface area contributed by atoms with E-state index in [9.17, 15) is 0 Å². The Morgan fingerprint density at radius 1 is 0.500 bits per heavy atom. The topological polar surface area (TPSA) is 36.9 Å². The molecule has 1 fully saturated rings. The maximum atomic E-state index is 5.88. The molecule has 0 aliphatic carbocycles. The van der Waals surface area contributed by atoms with Gasteiger partial charge in [0, 0.05) is 11.8 Å². The number of benzene rings is 2. The van der Waals surface area contributed by atoms with Crippen LogP contribution in [-0.4, -0.2) is 52.9 Å². The Labute approximate surface area is 168 Å². The summed E-state index contributed by atoms with van der Waals surface area (Å²) in [7, 11) is 0. The van der Waals surface area contributed by atoms with E-state index in [2.05, 4.69) is 48.5 Å². The summed E-state index contributed by atoms with van der Waals surface area (Å²) in [6.07, 6.45) is 1.92. The molecule has 0 N–H and O–H groups in total. The van der Waals surface area contributed by atoms with E-state index < -0.39 is 0 Å². The number of ether oxygens (including phenoxy) is 4. The Balaban J connectivity index is 1.45. The maximum Gasteiger partial charge on any atom is 0.0700 e. The monoisotopic (exact) mass is 384 g/mol. The smallest absolute Gasteiger partial charge is 0.0700 e. The Hall–Kier alpha value is -1.72. The highest BCUT2D eigenvalue weighted by atomic mass is 16.5. The summed E-state index contributed by atoms with van der Waals surface area (Å²) < 4.78 is 23.5. The lowest BCUT2D eigenvalue weighted by molar-refractivity contribution is -0.0322. The van der Waals surface area contributed by atoms with Gasteiger partial charge in [0.2, 0.25) is 0 Å². The average Bonchev–Trinajstić information content (AvgIpc) is 2.73. The van der Waals surface area contributed by atoms with Gasteiger partial charge >= 0.3 is 0 Å². The molecule has 1 heterocycles. The fourth-order valence-electron chi connectivity index (χ4n) is 3.46. The van der Waals surface area contributed by atoms with Gasteiger partial charge in [0.05, 0.1) is 52.9 Å². The second-order valence-electron chi connectivity index (χ2n) is 7.41. The van der Waals surface area contributed by atoms with E-state index in [1.165, 1.54) is 11.1 Å². The average molecular weight is 385 g/mol. The zero-order valence-corrected chi connectivity index (χ0v) is 16.6. The van der Waals surface area contributed by atoms with Crippen molar-refractivity contribution >= 4 is 0 Å². The van der Waals surface area contributed by atoms with Crippen molar-refractivity contribution in [1.29, 1.82) is 0 Å².